The predicted octanol–water partition coefficient (Wildman–Crippen LogP) is 2.10. The third-order valence-corrected chi connectivity index (χ3v) is 4.46. The van der Waals surface area contributed by atoms with Crippen molar-refractivity contribution in [2.24, 2.45) is 0 Å². The van der Waals surface area contributed by atoms with Crippen LogP contribution in [-0.4, -0.2) is 55.9 Å². The summed E-state index contributed by atoms with van der Waals surface area (Å²) in [7, 11) is 1.62. The van der Waals surface area contributed by atoms with Crippen molar-refractivity contribution >= 4 is 5.91 Å². The number of hydrogen-bond donors (Lipinski definition) is 0. The van der Waals surface area contributed by atoms with Crippen LogP contribution in [0.5, 0.6) is 5.75 Å². The molecule has 3 atom stereocenters. The molecule has 5 nitrogen and oxygen atoms in total. The molecule has 0 N–H and O–H groups in total. The minimum atomic E-state index is -0.0162. The topological polar surface area (TPSA) is 48.0 Å². The van der Waals surface area contributed by atoms with Gasteiger partial charge in [0.15, 0.2) is 0 Å². The monoisotopic (exact) mass is 305 g/mol. The Morgan fingerprint density at radius 3 is 2.82 bits per heavy atom. The molecular weight excluding hydrogens is 282 g/mol. The molecule has 2 aliphatic heterocycles. The molecule has 0 aliphatic carbocycles. The molecule has 0 saturated carbocycles. The van der Waals surface area contributed by atoms with Crippen LogP contribution in [0.1, 0.15) is 30.1 Å². The van der Waals surface area contributed by atoms with Gasteiger partial charge in [0, 0.05) is 18.8 Å². The van der Waals surface area contributed by atoms with Crippen molar-refractivity contribution in [1.29, 1.82) is 0 Å². The summed E-state index contributed by atoms with van der Waals surface area (Å²) in [4.78, 5) is 14.7. The van der Waals surface area contributed by atoms with E-state index >= 15 is 0 Å². The number of hydrogen-bond acceptors (Lipinski definition) is 4. The summed E-state index contributed by atoms with van der Waals surface area (Å²) in [5, 5.41) is 0. The summed E-state index contributed by atoms with van der Waals surface area (Å²) in [6.45, 7) is 3.98. The van der Waals surface area contributed by atoms with Crippen LogP contribution < -0.4 is 4.74 Å². The Morgan fingerprint density at radius 1 is 1.36 bits per heavy atom. The quantitative estimate of drug-likeness (QED) is 0.855. The Kier molecular flexibility index (Phi) is 4.64. The van der Waals surface area contributed by atoms with Crippen LogP contribution in [0.3, 0.4) is 0 Å². The third kappa shape index (κ3) is 2.83. The van der Waals surface area contributed by atoms with Gasteiger partial charge in [0.25, 0.3) is 5.91 Å². The molecule has 1 aromatic rings. The number of carbonyl (C=O) groups is 1. The van der Waals surface area contributed by atoms with Gasteiger partial charge in [0.2, 0.25) is 0 Å². The smallest absolute Gasteiger partial charge is 0.254 e. The van der Waals surface area contributed by atoms with Crippen LogP contribution in [0, 0.1) is 0 Å². The Balaban J connectivity index is 1.78. The lowest BCUT2D eigenvalue weighted by molar-refractivity contribution is -0.0737. The molecule has 5 heteroatoms. The van der Waals surface area contributed by atoms with Crippen molar-refractivity contribution in [2.45, 2.75) is 38.0 Å². The van der Waals surface area contributed by atoms with Gasteiger partial charge in [-0.25, -0.2) is 0 Å². The van der Waals surface area contributed by atoms with Crippen LogP contribution in [-0.2, 0) is 9.47 Å². The summed E-state index contributed by atoms with van der Waals surface area (Å²) in [5.74, 6) is 0.800. The summed E-state index contributed by atoms with van der Waals surface area (Å²) >= 11 is 0. The van der Waals surface area contributed by atoms with E-state index in [0.29, 0.717) is 18.7 Å². The first-order valence-electron chi connectivity index (χ1n) is 7.92. The highest BCUT2D eigenvalue weighted by Crippen LogP contribution is 2.32. The van der Waals surface area contributed by atoms with Crippen molar-refractivity contribution in [2.75, 3.05) is 26.9 Å². The molecule has 0 unspecified atom stereocenters. The van der Waals surface area contributed by atoms with Gasteiger partial charge in [0.05, 0.1) is 19.7 Å². The second kappa shape index (κ2) is 6.67. The molecule has 0 spiro atoms. The maximum Gasteiger partial charge on any atom is 0.254 e. The van der Waals surface area contributed by atoms with Gasteiger partial charge in [-0.1, -0.05) is 0 Å². The average Bonchev–Trinajstić information content (AvgIpc) is 2.94. The highest BCUT2D eigenvalue weighted by molar-refractivity contribution is 5.94. The summed E-state index contributed by atoms with van der Waals surface area (Å²) in [6, 6.07) is 7.39. The molecule has 0 radical (unpaired) electrons. The van der Waals surface area contributed by atoms with Crippen LogP contribution in [0.2, 0.25) is 0 Å². The summed E-state index contributed by atoms with van der Waals surface area (Å²) in [5.41, 5.74) is 0.683. The third-order valence-electron chi connectivity index (χ3n) is 4.46. The minimum absolute atomic E-state index is 0.0101. The van der Waals surface area contributed by atoms with Crippen molar-refractivity contribution in [3.63, 3.8) is 0 Å². The van der Waals surface area contributed by atoms with Crippen molar-refractivity contribution in [1.82, 2.24) is 4.90 Å². The first kappa shape index (κ1) is 15.3. The number of fused-ring (bicyclic) bond motifs is 1. The fourth-order valence-electron chi connectivity index (χ4n) is 3.40. The molecule has 22 heavy (non-hydrogen) atoms. The van der Waals surface area contributed by atoms with Crippen LogP contribution in [0.4, 0.5) is 0 Å². The number of carbonyl (C=O) groups excluding carboxylic acids is 1. The predicted molar refractivity (Wildman–Crippen MR) is 82.2 cm³/mol. The molecule has 120 valence electrons. The molecule has 2 saturated heterocycles. The molecule has 2 heterocycles. The molecular formula is C17H23NO4. The van der Waals surface area contributed by atoms with Crippen LogP contribution >= 0.6 is 0 Å². The van der Waals surface area contributed by atoms with E-state index in [1.807, 2.05) is 36.1 Å². The van der Waals surface area contributed by atoms with Gasteiger partial charge in [-0.15, -0.1) is 0 Å². The van der Waals surface area contributed by atoms with Gasteiger partial charge in [-0.3, -0.25) is 4.79 Å². The molecule has 1 aromatic carbocycles. The van der Waals surface area contributed by atoms with Crippen molar-refractivity contribution < 1.29 is 19.0 Å². The Labute approximate surface area is 131 Å². The molecule has 3 rings (SSSR count). The number of amides is 1. The minimum Gasteiger partial charge on any atom is -0.497 e. The van der Waals surface area contributed by atoms with Gasteiger partial charge in [0.1, 0.15) is 18.0 Å². The second-order valence-corrected chi connectivity index (χ2v) is 5.72. The zero-order chi connectivity index (χ0) is 15.5. The maximum atomic E-state index is 12.8. The number of nitrogens with zero attached hydrogens (tertiary/aromatic N) is 1. The van der Waals surface area contributed by atoms with Gasteiger partial charge < -0.3 is 19.1 Å². The number of benzene rings is 1. The zero-order valence-electron chi connectivity index (χ0n) is 13.2. The summed E-state index contributed by atoms with van der Waals surface area (Å²) < 4.78 is 16.8. The van der Waals surface area contributed by atoms with E-state index in [0.717, 1.165) is 25.2 Å². The molecule has 0 bridgehead atoms. The highest BCUT2D eigenvalue weighted by Gasteiger charge is 2.46. The van der Waals surface area contributed by atoms with E-state index in [9.17, 15) is 4.79 Å². The SMILES string of the molecule is CCO[C@@H]1CN(C(=O)c2ccc(OC)cc2)[C@@H]2CCCO[C@@H]21. The molecule has 1 amide bonds. The van der Waals surface area contributed by atoms with E-state index in [2.05, 4.69) is 0 Å². The van der Waals surface area contributed by atoms with E-state index < -0.39 is 0 Å². The average molecular weight is 305 g/mol. The molecule has 2 aliphatic rings. The van der Waals surface area contributed by atoms with Crippen LogP contribution in [0.25, 0.3) is 0 Å². The van der Waals surface area contributed by atoms with E-state index in [1.165, 1.54) is 0 Å². The van der Waals surface area contributed by atoms with E-state index in [-0.39, 0.29) is 24.2 Å². The van der Waals surface area contributed by atoms with Gasteiger partial charge in [-0.2, -0.15) is 0 Å². The van der Waals surface area contributed by atoms with Crippen LogP contribution in [0.15, 0.2) is 24.3 Å². The second-order valence-electron chi connectivity index (χ2n) is 5.72. The maximum absolute atomic E-state index is 12.8. The Morgan fingerprint density at radius 2 is 2.14 bits per heavy atom. The Hall–Kier alpha value is -1.59. The number of ether oxygens (including phenoxy) is 3. The number of rotatable bonds is 4. The lowest BCUT2D eigenvalue weighted by atomic mass is 10.0. The number of likely N-dealkylation sites (tertiary alicyclic amines) is 1. The van der Waals surface area contributed by atoms with Gasteiger partial charge >= 0.3 is 0 Å². The normalized spacial score (nSPS) is 27.5. The van der Waals surface area contributed by atoms with Crippen molar-refractivity contribution in [3.8, 4) is 5.75 Å². The highest BCUT2D eigenvalue weighted by atomic mass is 16.5. The number of methoxy groups -OCH3 is 1. The first-order chi connectivity index (χ1) is 10.7. The van der Waals surface area contributed by atoms with E-state index in [1.54, 1.807) is 7.11 Å². The fourth-order valence-corrected chi connectivity index (χ4v) is 3.40. The zero-order valence-corrected chi connectivity index (χ0v) is 13.2. The van der Waals surface area contributed by atoms with Gasteiger partial charge in [-0.05, 0) is 44.0 Å². The molecule has 2 fully saturated rings. The molecule has 0 aromatic heterocycles. The Bertz CT molecular complexity index is 516. The lowest BCUT2D eigenvalue weighted by Crippen LogP contribution is -2.43. The fraction of sp³-hybridized carbons (Fsp3) is 0.588. The largest absolute Gasteiger partial charge is 0.497 e. The van der Waals surface area contributed by atoms with Crippen molar-refractivity contribution in [3.05, 3.63) is 29.8 Å². The lowest BCUT2D eigenvalue weighted by Gasteiger charge is -2.32. The van der Waals surface area contributed by atoms with E-state index in [4.69, 9.17) is 14.2 Å². The standard InChI is InChI=1S/C17H23NO4/c1-3-21-15-11-18(14-5-4-10-22-16(14)15)17(19)12-6-8-13(20-2)9-7-12/h6-9,14-16H,3-5,10-11H2,1-2H3/t14-,15-,16+/m1/s1. The summed E-state index contributed by atoms with van der Waals surface area (Å²) in [6.07, 6.45) is 1.97. The first-order valence-corrected chi connectivity index (χ1v) is 7.92.